The van der Waals surface area contributed by atoms with Gasteiger partial charge < -0.3 is 43.2 Å². The maximum Gasteiger partial charge on any atom is 0.216 e. The molecule has 12 heterocycles. The average Bonchev–Trinajstić information content (AvgIpc) is 1.52. The van der Waals surface area contributed by atoms with Crippen LogP contribution in [-0.4, -0.2) is 44.9 Å². The van der Waals surface area contributed by atoms with E-state index < -0.39 is 85.2 Å². The van der Waals surface area contributed by atoms with Gasteiger partial charge in [0.2, 0.25) is 17.1 Å². The van der Waals surface area contributed by atoms with Gasteiger partial charge in [-0.25, -0.2) is 15.0 Å². The molecule has 0 spiro atoms. The van der Waals surface area contributed by atoms with E-state index in [-0.39, 0.29) is 128 Å². The van der Waals surface area contributed by atoms with E-state index in [9.17, 15) is 0 Å². The molecule has 12 nitrogen and oxygen atoms in total. The van der Waals surface area contributed by atoms with E-state index in [4.69, 9.17) is 55.7 Å². The summed E-state index contributed by atoms with van der Waals surface area (Å²) in [5.74, 6) is -3.82. The normalized spacial score (nSPS) is 16.9. The second-order valence-corrected chi connectivity index (χ2v) is 30.8. The van der Waals surface area contributed by atoms with Crippen LogP contribution in [-0.2, 0) is 73.1 Å². The van der Waals surface area contributed by atoms with E-state index >= 15 is 0 Å². The number of fused-ring (bicyclic) bond motifs is 9. The van der Waals surface area contributed by atoms with Gasteiger partial charge in [0, 0.05) is 173 Å². The topological polar surface area (TPSA) is 155 Å². The van der Waals surface area contributed by atoms with Crippen molar-refractivity contribution in [1.82, 2.24) is 44.9 Å². The van der Waals surface area contributed by atoms with E-state index in [2.05, 4.69) is 81.3 Å². The Hall–Kier alpha value is -11.0. The maximum atomic E-state index is 8.72. The molecule has 18 aromatic rings. The van der Waals surface area contributed by atoms with Crippen LogP contribution in [0.1, 0.15) is 207 Å². The van der Waals surface area contributed by atoms with Gasteiger partial charge in [-0.1, -0.05) is 166 Å². The summed E-state index contributed by atoms with van der Waals surface area (Å²) >= 11 is 0. The number of pyridine rings is 9. The van der Waals surface area contributed by atoms with E-state index in [0.29, 0.717) is 89.7 Å². The van der Waals surface area contributed by atoms with Crippen molar-refractivity contribution in [3.8, 4) is 67.5 Å². The molecule has 3 radical (unpaired) electrons. The summed E-state index contributed by atoms with van der Waals surface area (Å²) in [7, 11) is 0. The number of benzene rings is 6. The molecule has 2 unspecified atom stereocenters. The predicted molar refractivity (Wildman–Crippen MR) is 493 cm³/mol. The fraction of sp³-hybridized carbons (Fsp3) is 0.250. The third-order valence-electron chi connectivity index (χ3n) is 18.9. The Kier molecular flexibility index (Phi) is 20.1. The molecule has 12 aromatic heterocycles. The van der Waals surface area contributed by atoms with Gasteiger partial charge in [-0.15, -0.1) is 162 Å². The Morgan fingerprint density at radius 3 is 1.13 bits per heavy atom. The number of aromatic nitrogens is 9. The summed E-state index contributed by atoms with van der Waals surface area (Å²) < 4.78 is 259. The third-order valence-corrected chi connectivity index (χ3v) is 18.9. The van der Waals surface area contributed by atoms with Gasteiger partial charge >= 0.3 is 0 Å². The minimum Gasteiger partial charge on any atom is -0.486 e. The standard InChI is InChI=1S/2C23H23N2O.C21H19N2O.C15H16N.2C13H12N.3Ir/c1-14-13-24-20(11-16(14)12-23(3,4)5)19-8-6-7-17-18-10-9-15(2)25-22(18)26-21(17)19;1-14-11-20(24-13-16(14)12-23(3,4)5)19-8-6-7-17-18-10-9-15(2)25-22(18)26-21(17)19;1-12(2)18-10-19(22-11-13(18)3)17-7-5-6-15-16-9-8-14(4)23-21(16)24-20(15)17;1-11(2)14-10-16-15(9-12(14)3)13-7-5-4-6-8-13;2*1-10-8-13(14-9-11(10)2)12-6-4-3-5-7-12;;;/h2*6-7,9-11,13H,12H2,1-5H3;5-6,8-12H,1-4H3;4-7,9-11H,1-3H3;2*3-6,8-9H,1-2H3;;;/q6*-1;;;/i1D3,2D3,12D2;1D3,2D3;1D3,3D3,12D;1D3,11D;2*2D3;;;. The van der Waals surface area contributed by atoms with Crippen LogP contribution in [0, 0.1) is 123 Å². The molecule has 633 valence electrons. The molecule has 0 bridgehead atoms. The number of hydrogen-bond acceptors (Lipinski definition) is 12. The van der Waals surface area contributed by atoms with Gasteiger partial charge in [0.1, 0.15) is 0 Å². The molecule has 0 amide bonds. The Balaban J connectivity index is 0.000000191. The van der Waals surface area contributed by atoms with Crippen molar-refractivity contribution in [2.75, 3.05) is 0 Å². The van der Waals surface area contributed by atoms with Crippen molar-refractivity contribution < 1.29 is 116 Å². The third kappa shape index (κ3) is 23.3. The number of hydrogen-bond donors (Lipinski definition) is 0. The Bertz CT molecular complexity index is 7910. The molecule has 0 saturated heterocycles. The SMILES string of the molecule is [2H]C([2H])([2H])C([2H])(C)c1cnc(-c2[c-]cccc2)cc1C.[2H]C([2H])([2H])c1ccc2c(n1)oc1c(-c3cc(C([2H])([2H])C(C)(C)C)c(C([2H])([2H])[2H])cn3)[c-]ccc12.[2H]C([2H])([2H])c1ccc2c(n1)oc1c(-c3cc(C([2H])([2H])[2H])c(CC(C)(C)C)cn3)[c-]ccc12.[2H]C([2H])([2H])c1cnc(-c2[c-]ccc3c2oc2nc(C)ccc23)cc1C([2H])(C)C([2H])([2H])[2H].[2H]C([2H])([2H])c1cnc(-c2[c-]cccc2)cc1C.[2H]C([2H])([2H])c1cnc(-c2[c-]cccc2)cc1C.[Ir].[Ir].[Ir]. The molecule has 0 aliphatic carbocycles. The molecule has 2 atom stereocenters. The minimum absolute atomic E-state index is 0. The second-order valence-electron chi connectivity index (χ2n) is 30.8. The summed E-state index contributed by atoms with van der Waals surface area (Å²) in [6.45, 7) is -0.453. The number of nitrogens with zero attached hydrogens (tertiary/aromatic N) is 9. The predicted octanol–water partition coefficient (Wildman–Crippen LogP) is 28.0. The summed E-state index contributed by atoms with van der Waals surface area (Å²) in [6, 6.07) is 71.0. The maximum absolute atomic E-state index is 8.72. The Morgan fingerprint density at radius 2 is 0.724 bits per heavy atom. The van der Waals surface area contributed by atoms with E-state index in [1.165, 1.54) is 62.9 Å². The summed E-state index contributed by atoms with van der Waals surface area (Å²) in [4.78, 5) is 38.5. The molecule has 123 heavy (non-hydrogen) atoms. The molecule has 15 heteroatoms. The van der Waals surface area contributed by atoms with Crippen LogP contribution < -0.4 is 0 Å². The fourth-order valence-corrected chi connectivity index (χ4v) is 13.0. The van der Waals surface area contributed by atoms with Crippen molar-refractivity contribution in [2.24, 2.45) is 10.8 Å². The van der Waals surface area contributed by atoms with Crippen molar-refractivity contribution in [3.05, 3.63) is 339 Å². The zero-order valence-electron chi connectivity index (χ0n) is 100. The van der Waals surface area contributed by atoms with Crippen LogP contribution in [0.25, 0.3) is 134 Å². The zero-order valence-corrected chi connectivity index (χ0v) is 76.4. The molecular weight excluding hydrogens is 2050 g/mol. The van der Waals surface area contributed by atoms with Gasteiger partial charge in [-0.2, -0.15) is 0 Å². The number of furan rings is 3. The van der Waals surface area contributed by atoms with Crippen molar-refractivity contribution >= 4 is 66.2 Å². The summed E-state index contributed by atoms with van der Waals surface area (Å²) in [5, 5.41) is 4.27. The van der Waals surface area contributed by atoms with Crippen molar-refractivity contribution in [1.29, 1.82) is 0 Å². The monoisotopic (exact) mass is 2190 g/mol. The first-order valence-corrected chi connectivity index (χ1v) is 38.3. The first kappa shape index (κ1) is 59.7. The first-order valence-electron chi connectivity index (χ1n) is 53.8. The second kappa shape index (κ2) is 41.5. The van der Waals surface area contributed by atoms with Gasteiger partial charge in [-0.3, -0.25) is 0 Å². The Labute approximate surface area is 809 Å². The van der Waals surface area contributed by atoms with E-state index in [1.807, 2.05) is 120 Å². The minimum atomic E-state index is -2.75. The van der Waals surface area contributed by atoms with Gasteiger partial charge in [-0.05, 0) is 221 Å². The number of rotatable bonds is 10. The van der Waals surface area contributed by atoms with Crippen molar-refractivity contribution in [3.63, 3.8) is 0 Å². The first-order chi connectivity index (χ1) is 69.8. The quantitative estimate of drug-likeness (QED) is 0.120. The molecule has 0 saturated carbocycles. The molecule has 0 aliphatic heterocycles. The zero-order chi connectivity index (χ0) is 111. The molecule has 0 aliphatic rings. The van der Waals surface area contributed by atoms with Crippen LogP contribution in [0.3, 0.4) is 0 Å². The van der Waals surface area contributed by atoms with Gasteiger partial charge in [0.05, 0.1) is 16.7 Å². The van der Waals surface area contributed by atoms with Gasteiger partial charge in [0.15, 0.2) is 0 Å². The van der Waals surface area contributed by atoms with E-state index in [0.717, 1.165) is 78.5 Å². The summed E-state index contributed by atoms with van der Waals surface area (Å²) in [5.41, 5.74) is 12.5. The largest absolute Gasteiger partial charge is 0.486 e. The summed E-state index contributed by atoms with van der Waals surface area (Å²) in [6.07, 6.45) is 6.86. The molecule has 0 N–H and O–H groups in total. The smallest absolute Gasteiger partial charge is 0.216 e. The molecule has 0 fully saturated rings. The number of aryl methyl sites for hydroxylation is 11. The van der Waals surface area contributed by atoms with Crippen LogP contribution >= 0.6 is 0 Å². The average molecular weight is 2180 g/mol. The molecule has 6 aromatic carbocycles. The van der Waals surface area contributed by atoms with Gasteiger partial charge in [0.25, 0.3) is 0 Å². The van der Waals surface area contributed by atoms with E-state index in [1.54, 1.807) is 114 Å². The molecular formula is C108H105Ir3N9O3-6. The Morgan fingerprint density at radius 1 is 0.341 bits per heavy atom. The van der Waals surface area contributed by atoms with Crippen LogP contribution in [0.2, 0.25) is 0 Å². The molecule has 18 rings (SSSR count). The van der Waals surface area contributed by atoms with Crippen molar-refractivity contribution in [2.45, 2.75) is 169 Å². The van der Waals surface area contributed by atoms with Crippen LogP contribution in [0.15, 0.2) is 232 Å². The van der Waals surface area contributed by atoms with Crippen LogP contribution in [0.4, 0.5) is 0 Å². The fourth-order valence-electron chi connectivity index (χ4n) is 13.0. The van der Waals surface area contributed by atoms with Crippen LogP contribution in [0.5, 0.6) is 0 Å².